The topological polar surface area (TPSA) is 44.5 Å². The van der Waals surface area contributed by atoms with Crippen LogP contribution in [-0.4, -0.2) is 19.8 Å². The van der Waals surface area contributed by atoms with Crippen molar-refractivity contribution in [2.45, 2.75) is 44.2 Å². The zero-order valence-electron chi connectivity index (χ0n) is 11.4. The van der Waals surface area contributed by atoms with Crippen LogP contribution in [0.4, 0.5) is 0 Å². The summed E-state index contributed by atoms with van der Waals surface area (Å²) in [6, 6.07) is 6.10. The van der Waals surface area contributed by atoms with Crippen LogP contribution >= 0.6 is 15.9 Å². The predicted molar refractivity (Wildman–Crippen MR) is 80.4 cm³/mol. The van der Waals surface area contributed by atoms with Gasteiger partial charge in [0, 0.05) is 12.6 Å². The third kappa shape index (κ3) is 4.20. The first-order valence-electron chi connectivity index (χ1n) is 6.91. The molecule has 2 atom stereocenters. The lowest BCUT2D eigenvalue weighted by atomic mass is 9.98. The number of halogens is 1. The molecule has 1 aliphatic rings. The molecule has 1 aliphatic heterocycles. The second kappa shape index (κ2) is 7.27. The van der Waals surface area contributed by atoms with Gasteiger partial charge in [0.15, 0.2) is 0 Å². The average molecular weight is 328 g/mol. The summed E-state index contributed by atoms with van der Waals surface area (Å²) in [6.07, 6.45) is 6.08. The van der Waals surface area contributed by atoms with E-state index in [2.05, 4.69) is 15.9 Å². The Balaban J connectivity index is 1.88. The molecule has 1 saturated heterocycles. The molecule has 1 heterocycles. The zero-order valence-corrected chi connectivity index (χ0v) is 13.0. The van der Waals surface area contributed by atoms with E-state index in [1.807, 2.05) is 18.2 Å². The number of nitrogens with two attached hydrogens (primary N) is 1. The van der Waals surface area contributed by atoms with Crippen LogP contribution in [0.15, 0.2) is 22.7 Å². The first kappa shape index (κ1) is 14.8. The third-order valence-electron chi connectivity index (χ3n) is 3.68. The fourth-order valence-electron chi connectivity index (χ4n) is 2.48. The predicted octanol–water partition coefficient (Wildman–Crippen LogP) is 3.81. The van der Waals surface area contributed by atoms with Crippen LogP contribution in [0.3, 0.4) is 0 Å². The first-order valence-corrected chi connectivity index (χ1v) is 7.70. The van der Waals surface area contributed by atoms with Crippen molar-refractivity contribution in [3.05, 3.63) is 28.2 Å². The molecule has 2 unspecified atom stereocenters. The highest BCUT2D eigenvalue weighted by Gasteiger charge is 2.16. The van der Waals surface area contributed by atoms with E-state index in [1.165, 1.54) is 19.3 Å². The highest BCUT2D eigenvalue weighted by molar-refractivity contribution is 9.10. The van der Waals surface area contributed by atoms with Gasteiger partial charge in [-0.1, -0.05) is 6.07 Å². The van der Waals surface area contributed by atoms with Crippen LogP contribution in [0.25, 0.3) is 0 Å². The Hall–Kier alpha value is -0.580. The van der Waals surface area contributed by atoms with Gasteiger partial charge in [0.25, 0.3) is 0 Å². The van der Waals surface area contributed by atoms with Crippen molar-refractivity contribution in [1.82, 2.24) is 0 Å². The van der Waals surface area contributed by atoms with Gasteiger partial charge in [0.2, 0.25) is 0 Å². The summed E-state index contributed by atoms with van der Waals surface area (Å²) in [5.74, 6) is 0.839. The molecular weight excluding hydrogens is 306 g/mol. The molecule has 3 nitrogen and oxygen atoms in total. The van der Waals surface area contributed by atoms with E-state index in [0.29, 0.717) is 6.10 Å². The molecule has 0 amide bonds. The van der Waals surface area contributed by atoms with Crippen molar-refractivity contribution in [3.8, 4) is 5.75 Å². The Morgan fingerprint density at radius 1 is 1.47 bits per heavy atom. The van der Waals surface area contributed by atoms with E-state index in [9.17, 15) is 0 Å². The molecule has 0 aliphatic carbocycles. The van der Waals surface area contributed by atoms with Crippen molar-refractivity contribution in [2.24, 2.45) is 5.73 Å². The van der Waals surface area contributed by atoms with E-state index in [-0.39, 0.29) is 6.04 Å². The summed E-state index contributed by atoms with van der Waals surface area (Å²) in [5.41, 5.74) is 7.40. The van der Waals surface area contributed by atoms with E-state index in [0.717, 1.165) is 35.2 Å². The third-order valence-corrected chi connectivity index (χ3v) is 4.30. The summed E-state index contributed by atoms with van der Waals surface area (Å²) in [6.45, 7) is 0.911. The van der Waals surface area contributed by atoms with Crippen molar-refractivity contribution < 1.29 is 9.47 Å². The minimum atomic E-state index is 0.0627. The van der Waals surface area contributed by atoms with Crippen LogP contribution < -0.4 is 10.5 Å². The fourth-order valence-corrected chi connectivity index (χ4v) is 3.04. The minimum absolute atomic E-state index is 0.0627. The highest BCUT2D eigenvalue weighted by atomic mass is 79.9. The summed E-state index contributed by atoms with van der Waals surface area (Å²) in [7, 11) is 1.67. The molecule has 0 radical (unpaired) electrons. The summed E-state index contributed by atoms with van der Waals surface area (Å²) < 4.78 is 11.9. The smallest absolute Gasteiger partial charge is 0.133 e. The standard InChI is InChI=1S/C15H22BrNO2/c1-18-15-8-5-11(10-13(15)16)14(17)7-6-12-4-2-3-9-19-12/h5,8,10,12,14H,2-4,6-7,9,17H2,1H3. The maximum atomic E-state index is 6.26. The quantitative estimate of drug-likeness (QED) is 0.894. The molecule has 0 aromatic heterocycles. The number of ether oxygens (including phenoxy) is 2. The molecule has 0 bridgehead atoms. The van der Waals surface area contributed by atoms with Gasteiger partial charge >= 0.3 is 0 Å². The van der Waals surface area contributed by atoms with E-state index in [1.54, 1.807) is 7.11 Å². The van der Waals surface area contributed by atoms with Gasteiger partial charge in [-0.05, 0) is 65.7 Å². The molecule has 0 saturated carbocycles. The van der Waals surface area contributed by atoms with Crippen LogP contribution in [-0.2, 0) is 4.74 Å². The fraction of sp³-hybridized carbons (Fsp3) is 0.600. The number of methoxy groups -OCH3 is 1. The summed E-state index contributed by atoms with van der Waals surface area (Å²) >= 11 is 3.50. The monoisotopic (exact) mass is 327 g/mol. The van der Waals surface area contributed by atoms with Crippen molar-refractivity contribution >= 4 is 15.9 Å². The Bertz CT molecular complexity index is 405. The molecule has 2 N–H and O–H groups in total. The first-order chi connectivity index (χ1) is 9.20. The SMILES string of the molecule is COc1ccc(C(N)CCC2CCCCO2)cc1Br. The number of hydrogen-bond donors (Lipinski definition) is 1. The minimum Gasteiger partial charge on any atom is -0.496 e. The Morgan fingerprint density at radius 3 is 2.95 bits per heavy atom. The Morgan fingerprint density at radius 2 is 2.32 bits per heavy atom. The van der Waals surface area contributed by atoms with Crippen molar-refractivity contribution in [3.63, 3.8) is 0 Å². The molecule has 1 fully saturated rings. The summed E-state index contributed by atoms with van der Waals surface area (Å²) in [4.78, 5) is 0. The van der Waals surface area contributed by atoms with Crippen molar-refractivity contribution in [2.75, 3.05) is 13.7 Å². The molecule has 1 aromatic carbocycles. The molecule has 0 spiro atoms. The maximum absolute atomic E-state index is 6.26. The van der Waals surface area contributed by atoms with E-state index < -0.39 is 0 Å². The highest BCUT2D eigenvalue weighted by Crippen LogP contribution is 2.29. The van der Waals surface area contributed by atoms with Gasteiger partial charge in [-0.3, -0.25) is 0 Å². The Labute approximate surface area is 123 Å². The summed E-state index contributed by atoms with van der Waals surface area (Å²) in [5, 5.41) is 0. The molecule has 2 rings (SSSR count). The lowest BCUT2D eigenvalue weighted by Gasteiger charge is -2.24. The molecule has 1 aromatic rings. The van der Waals surface area contributed by atoms with Gasteiger partial charge in [0.1, 0.15) is 5.75 Å². The van der Waals surface area contributed by atoms with Crippen LogP contribution in [0.1, 0.15) is 43.7 Å². The molecule has 19 heavy (non-hydrogen) atoms. The zero-order chi connectivity index (χ0) is 13.7. The number of benzene rings is 1. The number of hydrogen-bond acceptors (Lipinski definition) is 3. The second-order valence-corrected chi connectivity index (χ2v) is 5.92. The van der Waals surface area contributed by atoms with Gasteiger partial charge < -0.3 is 15.2 Å². The average Bonchev–Trinajstić information content (AvgIpc) is 2.45. The number of rotatable bonds is 5. The molecule has 106 valence electrons. The van der Waals surface area contributed by atoms with Crippen LogP contribution in [0.2, 0.25) is 0 Å². The lowest BCUT2D eigenvalue weighted by Crippen LogP contribution is -2.21. The van der Waals surface area contributed by atoms with Gasteiger partial charge in [-0.15, -0.1) is 0 Å². The van der Waals surface area contributed by atoms with E-state index in [4.69, 9.17) is 15.2 Å². The van der Waals surface area contributed by atoms with Gasteiger partial charge in [0.05, 0.1) is 17.7 Å². The van der Waals surface area contributed by atoms with Crippen LogP contribution in [0, 0.1) is 0 Å². The van der Waals surface area contributed by atoms with Crippen molar-refractivity contribution in [1.29, 1.82) is 0 Å². The molecular formula is C15H22BrNO2. The second-order valence-electron chi connectivity index (χ2n) is 5.07. The largest absolute Gasteiger partial charge is 0.496 e. The Kier molecular flexibility index (Phi) is 5.67. The lowest BCUT2D eigenvalue weighted by molar-refractivity contribution is 0.00912. The van der Waals surface area contributed by atoms with E-state index >= 15 is 0 Å². The van der Waals surface area contributed by atoms with Gasteiger partial charge in [-0.25, -0.2) is 0 Å². The van der Waals surface area contributed by atoms with Gasteiger partial charge in [-0.2, -0.15) is 0 Å². The molecule has 4 heteroatoms. The van der Waals surface area contributed by atoms with Crippen LogP contribution in [0.5, 0.6) is 5.75 Å². The maximum Gasteiger partial charge on any atom is 0.133 e. The normalized spacial score (nSPS) is 21.1.